The monoisotopic (exact) mass is 675 g/mol. The molecule has 1 aliphatic carbocycles. The molecule has 0 amide bonds. The fourth-order valence-electron chi connectivity index (χ4n) is 6.27. The number of ether oxygens (including phenoxy) is 5. The molecule has 0 bridgehead atoms. The van der Waals surface area contributed by atoms with Gasteiger partial charge < -0.3 is 23.7 Å². The molecule has 5 rings (SSSR count). The van der Waals surface area contributed by atoms with Crippen LogP contribution < -0.4 is 0 Å². The highest BCUT2D eigenvalue weighted by molar-refractivity contribution is 7.99. The Morgan fingerprint density at radius 3 is 2.23 bits per heavy atom. The summed E-state index contributed by atoms with van der Waals surface area (Å²) in [5.41, 5.74) is 3.44. The number of benzene rings is 1. The van der Waals surface area contributed by atoms with E-state index in [9.17, 15) is 24.4 Å². The molecule has 5 atom stereocenters. The zero-order valence-corrected chi connectivity index (χ0v) is 28.0. The molecule has 1 aromatic carbocycles. The van der Waals surface area contributed by atoms with Gasteiger partial charge in [0.05, 0.1) is 11.1 Å². The Morgan fingerprint density at radius 1 is 0.875 bits per heavy atom. The second kappa shape index (κ2) is 15.6. The molecule has 0 saturated carbocycles. The van der Waals surface area contributed by atoms with E-state index in [0.29, 0.717) is 17.0 Å². The smallest absolute Gasteiger partial charge is 0.303 e. The number of esters is 4. The van der Waals surface area contributed by atoms with Crippen LogP contribution in [0.15, 0.2) is 41.6 Å². The van der Waals surface area contributed by atoms with Crippen LogP contribution in [0.2, 0.25) is 0 Å². The SMILES string of the molecule is CC(=O)OC[C@H]1O[C@@H](Sc2nc3c(c(-c4ccnc5ccccc45)c2C#N)CCCCCC3)[C@H](OC(C)=O)[C@@H](OC(C)=O)[C@H]1OC(C)=O. The molecule has 12 nitrogen and oxygen atoms in total. The van der Waals surface area contributed by atoms with E-state index in [1.807, 2.05) is 30.3 Å². The van der Waals surface area contributed by atoms with Crippen LogP contribution >= 0.6 is 11.8 Å². The van der Waals surface area contributed by atoms with Gasteiger partial charge in [-0.25, -0.2) is 4.98 Å². The van der Waals surface area contributed by atoms with Crippen LogP contribution in [0.25, 0.3) is 22.0 Å². The van der Waals surface area contributed by atoms with Crippen LogP contribution in [0.4, 0.5) is 0 Å². The standard InChI is InChI=1S/C35H37N3O9S/c1-19(39)43-18-29-31(44-20(2)40)32(45-21(3)41)33(46-22(4)42)35(47-29)48-34-26(17-36)30(25-12-7-5-6-8-14-28(25)38-34)24-15-16-37-27-13-10-9-11-23(24)27/h9-11,13,15-16,29,31-33,35H,5-8,12,14,18H2,1-4H3/t29-,31+,32+,33-,35+/m1/s1. The second-order valence-electron chi connectivity index (χ2n) is 11.7. The first-order valence-corrected chi connectivity index (χ1v) is 16.7. The predicted molar refractivity (Wildman–Crippen MR) is 173 cm³/mol. The largest absolute Gasteiger partial charge is 0.463 e. The fourth-order valence-corrected chi connectivity index (χ4v) is 7.46. The molecule has 1 saturated heterocycles. The van der Waals surface area contributed by atoms with Gasteiger partial charge in [-0.05, 0) is 48.9 Å². The fraction of sp³-hybridized carbons (Fsp3) is 0.457. The minimum absolute atomic E-state index is 0.309. The van der Waals surface area contributed by atoms with Crippen LogP contribution in [0, 0.1) is 11.3 Å². The van der Waals surface area contributed by atoms with E-state index >= 15 is 0 Å². The van der Waals surface area contributed by atoms with Crippen molar-refractivity contribution < 1.29 is 42.9 Å². The van der Waals surface area contributed by atoms with E-state index in [2.05, 4.69) is 11.1 Å². The van der Waals surface area contributed by atoms with Crippen LogP contribution in [-0.2, 0) is 55.7 Å². The summed E-state index contributed by atoms with van der Waals surface area (Å²) in [6, 6.07) is 12.0. The Kier molecular flexibility index (Phi) is 11.3. The van der Waals surface area contributed by atoms with E-state index in [-0.39, 0.29) is 6.61 Å². The molecule has 48 heavy (non-hydrogen) atoms. The molecule has 3 aromatic rings. The van der Waals surface area contributed by atoms with E-state index < -0.39 is 53.7 Å². The number of pyridine rings is 2. The third kappa shape index (κ3) is 7.94. The van der Waals surface area contributed by atoms with Crippen molar-refractivity contribution in [3.05, 3.63) is 53.3 Å². The Labute approximate surface area is 282 Å². The van der Waals surface area contributed by atoms with Gasteiger partial charge in [-0.2, -0.15) is 5.26 Å². The van der Waals surface area contributed by atoms with Crippen molar-refractivity contribution >= 4 is 46.5 Å². The van der Waals surface area contributed by atoms with Crippen LogP contribution in [0.5, 0.6) is 0 Å². The van der Waals surface area contributed by atoms with Crippen molar-refractivity contribution in [2.75, 3.05) is 6.61 Å². The predicted octanol–water partition coefficient (Wildman–Crippen LogP) is 5.00. The number of aryl methyl sites for hydroxylation is 1. The van der Waals surface area contributed by atoms with Gasteiger partial charge in [0.1, 0.15) is 23.8 Å². The zero-order chi connectivity index (χ0) is 34.4. The first-order valence-electron chi connectivity index (χ1n) is 15.8. The van der Waals surface area contributed by atoms with Crippen molar-refractivity contribution in [2.24, 2.45) is 0 Å². The second-order valence-corrected chi connectivity index (χ2v) is 12.8. The van der Waals surface area contributed by atoms with Gasteiger partial charge in [0, 0.05) is 50.5 Å². The number of para-hydroxylation sites is 1. The highest BCUT2D eigenvalue weighted by atomic mass is 32.2. The number of carbonyl (C=O) groups is 4. The number of nitrogens with zero attached hydrogens (tertiary/aromatic N) is 3. The van der Waals surface area contributed by atoms with Crippen molar-refractivity contribution in [3.8, 4) is 17.2 Å². The molecule has 0 N–H and O–H groups in total. The van der Waals surface area contributed by atoms with Crippen molar-refractivity contribution in [3.63, 3.8) is 0 Å². The number of rotatable bonds is 8. The first kappa shape index (κ1) is 34.8. The summed E-state index contributed by atoms with van der Waals surface area (Å²) < 4.78 is 28.4. The number of thioether (sulfide) groups is 1. The van der Waals surface area contributed by atoms with E-state index in [0.717, 1.165) is 77.2 Å². The summed E-state index contributed by atoms with van der Waals surface area (Å²) >= 11 is 1.03. The van der Waals surface area contributed by atoms with Crippen LogP contribution in [-0.4, -0.2) is 70.3 Å². The number of nitriles is 1. The lowest BCUT2D eigenvalue weighted by atomic mass is 9.87. The molecule has 1 fully saturated rings. The van der Waals surface area contributed by atoms with Crippen molar-refractivity contribution in [2.45, 2.75) is 101 Å². The Hall–Kier alpha value is -4.54. The number of fused-ring (bicyclic) bond motifs is 2. The minimum Gasteiger partial charge on any atom is -0.463 e. The van der Waals surface area contributed by atoms with Gasteiger partial charge in [-0.15, -0.1) is 0 Å². The highest BCUT2D eigenvalue weighted by Crippen LogP contribution is 2.43. The van der Waals surface area contributed by atoms with E-state index in [1.54, 1.807) is 6.20 Å². The number of hydrogen-bond acceptors (Lipinski definition) is 13. The third-order valence-electron chi connectivity index (χ3n) is 8.15. The van der Waals surface area contributed by atoms with Gasteiger partial charge in [0.25, 0.3) is 0 Å². The van der Waals surface area contributed by atoms with Gasteiger partial charge >= 0.3 is 23.9 Å². The molecule has 0 spiro atoms. The first-order chi connectivity index (χ1) is 23.1. The third-order valence-corrected chi connectivity index (χ3v) is 9.28. The van der Waals surface area contributed by atoms with Crippen LogP contribution in [0.3, 0.4) is 0 Å². The lowest BCUT2D eigenvalue weighted by Gasteiger charge is -2.44. The zero-order valence-electron chi connectivity index (χ0n) is 27.2. The number of hydrogen-bond donors (Lipinski definition) is 0. The summed E-state index contributed by atoms with van der Waals surface area (Å²) in [4.78, 5) is 58.3. The van der Waals surface area contributed by atoms with Crippen molar-refractivity contribution in [1.29, 1.82) is 5.26 Å². The molecule has 2 aromatic heterocycles. The summed E-state index contributed by atoms with van der Waals surface area (Å²) in [6.07, 6.45) is 2.12. The Balaban J connectivity index is 1.68. The molecule has 1 aliphatic heterocycles. The average molecular weight is 676 g/mol. The molecular formula is C35H37N3O9S. The topological polar surface area (TPSA) is 164 Å². The Bertz CT molecular complexity index is 1750. The maximum Gasteiger partial charge on any atom is 0.303 e. The van der Waals surface area contributed by atoms with E-state index in [1.165, 1.54) is 27.7 Å². The maximum absolute atomic E-state index is 12.4. The molecule has 2 aliphatic rings. The molecular weight excluding hydrogens is 638 g/mol. The van der Waals surface area contributed by atoms with Crippen LogP contribution in [0.1, 0.15) is 70.2 Å². The normalized spacial score (nSPS) is 22.3. The molecule has 13 heteroatoms. The minimum atomic E-state index is -1.33. The molecule has 252 valence electrons. The van der Waals surface area contributed by atoms with E-state index in [4.69, 9.17) is 28.7 Å². The summed E-state index contributed by atoms with van der Waals surface area (Å²) in [5, 5.41) is 12.0. The molecule has 0 unspecified atom stereocenters. The maximum atomic E-state index is 12.4. The summed E-state index contributed by atoms with van der Waals surface area (Å²) in [5.74, 6) is -2.76. The summed E-state index contributed by atoms with van der Waals surface area (Å²) in [6.45, 7) is 4.39. The highest BCUT2D eigenvalue weighted by Gasteiger charge is 2.53. The number of aromatic nitrogens is 2. The van der Waals surface area contributed by atoms with Gasteiger partial charge in [0.15, 0.2) is 23.7 Å². The average Bonchev–Trinajstić information content (AvgIpc) is 3.02. The lowest BCUT2D eigenvalue weighted by Crippen LogP contribution is -2.61. The Morgan fingerprint density at radius 2 is 1.54 bits per heavy atom. The quantitative estimate of drug-likeness (QED) is 0.232. The van der Waals surface area contributed by atoms with Gasteiger partial charge in [-0.3, -0.25) is 24.2 Å². The van der Waals surface area contributed by atoms with Crippen molar-refractivity contribution in [1.82, 2.24) is 9.97 Å². The number of carbonyl (C=O) groups excluding carboxylic acids is 4. The molecule has 0 radical (unpaired) electrons. The van der Waals surface area contributed by atoms with Gasteiger partial charge in [0.2, 0.25) is 0 Å². The molecule has 3 heterocycles. The van der Waals surface area contributed by atoms with Gasteiger partial charge in [-0.1, -0.05) is 42.8 Å². The summed E-state index contributed by atoms with van der Waals surface area (Å²) in [7, 11) is 0. The lowest BCUT2D eigenvalue weighted by molar-refractivity contribution is -0.237.